The maximum Gasteiger partial charge on any atom is 0.305 e. The third-order valence-corrected chi connectivity index (χ3v) is 13.2. The van der Waals surface area contributed by atoms with Gasteiger partial charge in [0.15, 0.2) is 0 Å². The van der Waals surface area contributed by atoms with Crippen LogP contribution in [-0.4, -0.2) is 68.1 Å². The monoisotopic (exact) mass is 742 g/mol. The fourth-order valence-electron chi connectivity index (χ4n) is 9.25. The largest absolute Gasteiger partial charge is 0.508 e. The maximum atomic E-state index is 15.0. The number of allylic oxidation sites excluding steroid dienone is 2. The maximum absolute atomic E-state index is 15.0. The molecule has 2 aliphatic carbocycles. The molecule has 2 aromatic carbocycles. The Morgan fingerprint density at radius 1 is 1.10 bits per heavy atom. The second kappa shape index (κ2) is 12.0. The van der Waals surface area contributed by atoms with Gasteiger partial charge in [0.05, 0.1) is 41.6 Å². The van der Waals surface area contributed by atoms with Crippen molar-refractivity contribution in [3.8, 4) is 22.1 Å². The molecule has 2 aliphatic heterocycles. The van der Waals surface area contributed by atoms with Gasteiger partial charge in [0.25, 0.3) is 0 Å². The SMILES string of the molecule is COc1cccc(O)c1[C@H]1C2=CC[C@@H]3C(=O)N(CCC(=O)O)C(=O)[C@@H]3[C@@H]2C[C@H]2C(=O)N(c3cc(-c4sc5ccc(Cl)cc5c4C)nn3C)C(=O)[C@@]12C. The molecule has 4 amide bonds. The van der Waals surface area contributed by atoms with Crippen molar-refractivity contribution in [3.63, 3.8) is 0 Å². The minimum atomic E-state index is -1.43. The van der Waals surface area contributed by atoms with E-state index in [-0.39, 0.29) is 37.4 Å². The molecule has 0 unspecified atom stereocenters. The number of anilines is 1. The number of methoxy groups -OCH3 is 1. The van der Waals surface area contributed by atoms with E-state index in [4.69, 9.17) is 21.4 Å². The second-order valence-electron chi connectivity index (χ2n) is 14.2. The average Bonchev–Trinajstić information content (AvgIpc) is 3.77. The van der Waals surface area contributed by atoms with Crippen LogP contribution in [0.2, 0.25) is 5.02 Å². The van der Waals surface area contributed by atoms with Crippen LogP contribution in [0.3, 0.4) is 0 Å². The standard InChI is InChI=1S/C38H35ClN4O8S/c1-17-21-14-18(39)8-11-27(21)52-33(17)24-16-28(41(3)40-24)43-35(48)23-15-22-19(9-10-20-30(22)36(49)42(34(20)47)13-12-29(45)46)32(38(23,2)37(43)50)31-25(44)6-5-7-26(31)51-4/h5-9,11,14,16,20,22-23,30,32,44H,10,12-13,15H2,1-4H3,(H,45,46)/t20-,22+,23-,30-,32+,38+/m0/s1. The quantitative estimate of drug-likeness (QED) is 0.179. The van der Waals surface area contributed by atoms with Crippen molar-refractivity contribution in [2.75, 3.05) is 18.6 Å². The molecule has 12 nitrogen and oxygen atoms in total. The third kappa shape index (κ3) is 4.71. The van der Waals surface area contributed by atoms with Crippen molar-refractivity contribution in [3.05, 3.63) is 70.3 Å². The number of carboxylic acid groups (broad SMARTS) is 1. The van der Waals surface area contributed by atoms with Gasteiger partial charge in [-0.25, -0.2) is 4.90 Å². The van der Waals surface area contributed by atoms with Gasteiger partial charge in [-0.1, -0.05) is 29.3 Å². The summed E-state index contributed by atoms with van der Waals surface area (Å²) in [4.78, 5) is 71.8. The summed E-state index contributed by atoms with van der Waals surface area (Å²) in [7, 11) is 3.13. The van der Waals surface area contributed by atoms with Crippen LogP contribution in [0.4, 0.5) is 5.82 Å². The van der Waals surface area contributed by atoms with Crippen molar-refractivity contribution in [1.29, 1.82) is 0 Å². The molecular weight excluding hydrogens is 708 g/mol. The molecule has 4 aromatic rings. The first-order valence-corrected chi connectivity index (χ1v) is 18.2. The summed E-state index contributed by atoms with van der Waals surface area (Å²) in [5.74, 6) is -6.60. The highest BCUT2D eigenvalue weighted by molar-refractivity contribution is 7.22. The molecule has 1 saturated carbocycles. The Balaban J connectivity index is 1.25. The summed E-state index contributed by atoms with van der Waals surface area (Å²) in [5, 5.41) is 27.1. The topological polar surface area (TPSA) is 159 Å². The molecule has 0 spiro atoms. The van der Waals surface area contributed by atoms with Gasteiger partial charge in [-0.05, 0) is 73.9 Å². The fourth-order valence-corrected chi connectivity index (χ4v) is 10.6. The van der Waals surface area contributed by atoms with Crippen LogP contribution >= 0.6 is 22.9 Å². The number of halogens is 1. The number of phenols is 1. The zero-order valence-corrected chi connectivity index (χ0v) is 30.3. The molecule has 8 rings (SSSR count). The number of imide groups is 2. The summed E-state index contributed by atoms with van der Waals surface area (Å²) in [6.45, 7) is 3.46. The molecule has 6 atom stereocenters. The van der Waals surface area contributed by atoms with E-state index >= 15 is 4.79 Å². The number of carbonyl (C=O) groups excluding carboxylic acids is 4. The smallest absolute Gasteiger partial charge is 0.305 e. The number of thiophene rings is 1. The van der Waals surface area contributed by atoms with Gasteiger partial charge in [0, 0.05) is 40.9 Å². The first-order chi connectivity index (χ1) is 24.8. The molecule has 4 heterocycles. The highest BCUT2D eigenvalue weighted by Gasteiger charge is 2.68. The molecule has 14 heteroatoms. The summed E-state index contributed by atoms with van der Waals surface area (Å²) in [5.41, 5.74) is 1.12. The number of likely N-dealkylation sites (tertiary alicyclic amines) is 1. The molecule has 0 radical (unpaired) electrons. The molecule has 2 aromatic heterocycles. The number of hydrogen-bond donors (Lipinski definition) is 2. The zero-order chi connectivity index (χ0) is 37.0. The van der Waals surface area contributed by atoms with Gasteiger partial charge in [0.2, 0.25) is 23.6 Å². The number of ether oxygens (including phenoxy) is 1. The highest BCUT2D eigenvalue weighted by Crippen LogP contribution is 2.65. The Bertz CT molecular complexity index is 2290. The first kappa shape index (κ1) is 34.1. The molecule has 2 N–H and O–H groups in total. The van der Waals surface area contributed by atoms with E-state index in [1.165, 1.54) is 34.1 Å². The van der Waals surface area contributed by atoms with Crippen molar-refractivity contribution < 1.29 is 38.9 Å². The Kier molecular flexibility index (Phi) is 7.88. The Morgan fingerprint density at radius 2 is 1.87 bits per heavy atom. The van der Waals surface area contributed by atoms with Gasteiger partial charge in [-0.2, -0.15) is 5.10 Å². The molecule has 0 bridgehead atoms. The third-order valence-electron chi connectivity index (χ3n) is 11.7. The summed E-state index contributed by atoms with van der Waals surface area (Å²) < 4.78 is 8.27. The van der Waals surface area contributed by atoms with E-state index in [2.05, 4.69) is 0 Å². The number of aromatic hydroxyl groups is 1. The van der Waals surface area contributed by atoms with Crippen LogP contribution in [0.1, 0.15) is 43.2 Å². The Hall–Kier alpha value is -5.01. The minimum Gasteiger partial charge on any atom is -0.508 e. The molecule has 3 fully saturated rings. The van der Waals surface area contributed by atoms with Gasteiger partial charge >= 0.3 is 5.97 Å². The summed E-state index contributed by atoms with van der Waals surface area (Å²) >= 11 is 7.83. The molecule has 2 saturated heterocycles. The molecular formula is C38H35ClN4O8S. The number of aliphatic carboxylic acids is 1. The first-order valence-electron chi connectivity index (χ1n) is 17.0. The molecule has 4 aliphatic rings. The van der Waals surface area contributed by atoms with Gasteiger partial charge in [-0.15, -0.1) is 11.3 Å². The number of phenolic OH excluding ortho intramolecular Hbond substituents is 1. The average molecular weight is 743 g/mol. The number of nitrogens with zero attached hydrogens (tertiary/aromatic N) is 4. The lowest BCUT2D eigenvalue weighted by Crippen LogP contribution is -2.49. The predicted molar refractivity (Wildman–Crippen MR) is 192 cm³/mol. The summed E-state index contributed by atoms with van der Waals surface area (Å²) in [6, 6.07) is 12.2. The van der Waals surface area contributed by atoms with Gasteiger partial charge < -0.3 is 14.9 Å². The number of carbonyl (C=O) groups is 5. The lowest BCUT2D eigenvalue weighted by Gasteiger charge is -2.49. The number of benzene rings is 2. The number of aromatic nitrogens is 2. The van der Waals surface area contributed by atoms with Crippen LogP contribution < -0.4 is 9.64 Å². The van der Waals surface area contributed by atoms with E-state index in [9.17, 15) is 29.4 Å². The van der Waals surface area contributed by atoms with E-state index in [1.807, 2.05) is 31.2 Å². The Morgan fingerprint density at radius 3 is 2.60 bits per heavy atom. The van der Waals surface area contributed by atoms with E-state index in [1.54, 1.807) is 32.2 Å². The normalized spacial score (nSPS) is 26.9. The predicted octanol–water partition coefficient (Wildman–Crippen LogP) is 5.68. The van der Waals surface area contributed by atoms with Gasteiger partial charge in [0.1, 0.15) is 23.0 Å². The lowest BCUT2D eigenvalue weighted by molar-refractivity contribution is -0.142. The molecule has 268 valence electrons. The number of fused-ring (bicyclic) bond motifs is 5. The number of rotatable bonds is 7. The van der Waals surface area contributed by atoms with Crippen LogP contribution in [0.5, 0.6) is 11.5 Å². The minimum absolute atomic E-state index is 0.101. The lowest BCUT2D eigenvalue weighted by atomic mass is 9.51. The van der Waals surface area contributed by atoms with Crippen LogP contribution in [-0.2, 0) is 31.0 Å². The van der Waals surface area contributed by atoms with E-state index in [0.717, 1.165) is 25.4 Å². The Labute approximate surface area is 307 Å². The second-order valence-corrected chi connectivity index (χ2v) is 15.7. The van der Waals surface area contributed by atoms with E-state index in [0.29, 0.717) is 27.6 Å². The van der Waals surface area contributed by atoms with Crippen LogP contribution in [0, 0.1) is 36.0 Å². The van der Waals surface area contributed by atoms with Gasteiger partial charge in [-0.3, -0.25) is 33.6 Å². The van der Waals surface area contributed by atoms with Crippen LogP contribution in [0.15, 0.2) is 54.1 Å². The summed E-state index contributed by atoms with van der Waals surface area (Å²) in [6.07, 6.45) is 1.77. The fraction of sp³-hybridized carbons (Fsp3) is 0.368. The number of hydrogen-bond acceptors (Lipinski definition) is 9. The van der Waals surface area contributed by atoms with Crippen molar-refractivity contribution in [1.82, 2.24) is 14.7 Å². The van der Waals surface area contributed by atoms with Crippen molar-refractivity contribution in [2.45, 2.75) is 39.0 Å². The number of aryl methyl sites for hydroxylation is 2. The highest BCUT2D eigenvalue weighted by atomic mass is 35.5. The van der Waals surface area contributed by atoms with E-state index < -0.39 is 64.6 Å². The van der Waals surface area contributed by atoms with Crippen molar-refractivity contribution in [2.24, 2.45) is 36.1 Å². The number of amides is 4. The van der Waals surface area contributed by atoms with Crippen LogP contribution in [0.25, 0.3) is 20.7 Å². The molecule has 52 heavy (non-hydrogen) atoms. The number of carboxylic acids is 1. The van der Waals surface area contributed by atoms with Crippen molar-refractivity contribution >= 4 is 68.4 Å². The zero-order valence-electron chi connectivity index (χ0n) is 28.8.